The normalized spacial score (nSPS) is 55.0. The van der Waals surface area contributed by atoms with Gasteiger partial charge in [0.05, 0.1) is 13.2 Å². The SMILES string of the molecule is C#C[C@@]1(O)CC[C@@]2(C)[C@@H](CC[C@@H]3[C@@H]2CC[C@@]2(C)[C@H]3CCC23OCCO3)C1. The van der Waals surface area contributed by atoms with E-state index in [1.54, 1.807) is 0 Å². The van der Waals surface area contributed by atoms with Crippen molar-refractivity contribution in [2.45, 2.75) is 83.0 Å². The molecule has 1 N–H and O–H groups in total. The smallest absolute Gasteiger partial charge is 0.174 e. The molecule has 1 spiro atoms. The first-order valence-electron chi connectivity index (χ1n) is 10.8. The predicted molar refractivity (Wildman–Crippen MR) is 100 cm³/mol. The third-order valence-corrected chi connectivity index (χ3v) is 9.79. The quantitative estimate of drug-likeness (QED) is 0.662. The van der Waals surface area contributed by atoms with Crippen molar-refractivity contribution in [1.82, 2.24) is 0 Å². The molecule has 144 valence electrons. The van der Waals surface area contributed by atoms with Crippen molar-refractivity contribution in [3.63, 3.8) is 0 Å². The van der Waals surface area contributed by atoms with Crippen LogP contribution in [0.15, 0.2) is 0 Å². The van der Waals surface area contributed by atoms with Crippen LogP contribution in [0.3, 0.4) is 0 Å². The van der Waals surface area contributed by atoms with Crippen molar-refractivity contribution in [3.8, 4) is 12.3 Å². The topological polar surface area (TPSA) is 38.7 Å². The van der Waals surface area contributed by atoms with E-state index in [9.17, 15) is 5.11 Å². The van der Waals surface area contributed by atoms with Gasteiger partial charge in [-0.2, -0.15) is 0 Å². The molecule has 1 saturated heterocycles. The first-order chi connectivity index (χ1) is 12.4. The van der Waals surface area contributed by atoms with Gasteiger partial charge in [-0.15, -0.1) is 6.42 Å². The Kier molecular flexibility index (Phi) is 3.70. The van der Waals surface area contributed by atoms with Crippen LogP contribution in [0.1, 0.15) is 71.6 Å². The van der Waals surface area contributed by atoms with Crippen LogP contribution in [-0.4, -0.2) is 29.7 Å². The zero-order valence-electron chi connectivity index (χ0n) is 16.4. The van der Waals surface area contributed by atoms with Crippen LogP contribution >= 0.6 is 0 Å². The van der Waals surface area contributed by atoms with E-state index < -0.39 is 5.60 Å². The van der Waals surface area contributed by atoms with Gasteiger partial charge >= 0.3 is 0 Å². The Balaban J connectivity index is 1.43. The van der Waals surface area contributed by atoms with Crippen LogP contribution in [0.4, 0.5) is 0 Å². The highest BCUT2D eigenvalue weighted by molar-refractivity contribution is 5.17. The van der Waals surface area contributed by atoms with Crippen molar-refractivity contribution >= 4 is 0 Å². The van der Waals surface area contributed by atoms with Gasteiger partial charge < -0.3 is 14.6 Å². The molecule has 1 aliphatic heterocycles. The van der Waals surface area contributed by atoms with Crippen molar-refractivity contribution in [1.29, 1.82) is 0 Å². The lowest BCUT2D eigenvalue weighted by Crippen LogP contribution is -2.58. The molecule has 0 aromatic heterocycles. The summed E-state index contributed by atoms with van der Waals surface area (Å²) in [6.07, 6.45) is 15.7. The number of hydrogen-bond acceptors (Lipinski definition) is 3. The highest BCUT2D eigenvalue weighted by Gasteiger charge is 2.67. The van der Waals surface area contributed by atoms with Gasteiger partial charge in [-0.1, -0.05) is 19.8 Å². The van der Waals surface area contributed by atoms with Gasteiger partial charge in [0.25, 0.3) is 0 Å². The third-order valence-electron chi connectivity index (χ3n) is 9.79. The summed E-state index contributed by atoms with van der Waals surface area (Å²) in [6.45, 7) is 6.50. The van der Waals surface area contributed by atoms with E-state index in [-0.39, 0.29) is 11.2 Å². The molecular weight excluding hydrogens is 324 g/mol. The van der Waals surface area contributed by atoms with Crippen LogP contribution < -0.4 is 0 Å². The van der Waals surface area contributed by atoms with Gasteiger partial charge in [0.15, 0.2) is 5.79 Å². The van der Waals surface area contributed by atoms with Crippen LogP contribution in [0, 0.1) is 46.8 Å². The van der Waals surface area contributed by atoms with Gasteiger partial charge in [-0.25, -0.2) is 0 Å². The Morgan fingerprint density at radius 3 is 2.38 bits per heavy atom. The van der Waals surface area contributed by atoms with E-state index in [0.29, 0.717) is 11.3 Å². The van der Waals surface area contributed by atoms with E-state index >= 15 is 0 Å². The van der Waals surface area contributed by atoms with E-state index in [4.69, 9.17) is 15.9 Å². The van der Waals surface area contributed by atoms with Crippen LogP contribution in [0.2, 0.25) is 0 Å². The van der Waals surface area contributed by atoms with Gasteiger partial charge in [0.2, 0.25) is 0 Å². The number of aliphatic hydroxyl groups is 1. The van der Waals surface area contributed by atoms with E-state index in [0.717, 1.165) is 56.7 Å². The molecule has 1 heterocycles. The Morgan fingerprint density at radius 2 is 1.65 bits per heavy atom. The molecule has 0 aromatic carbocycles. The molecule has 0 bridgehead atoms. The van der Waals surface area contributed by atoms with Gasteiger partial charge in [0, 0.05) is 11.8 Å². The standard InChI is InChI=1S/C23H34O3/c1-4-22(24)12-11-20(2)16(15-22)5-6-17-18(20)7-9-21(3)19(17)8-10-23(21)25-13-14-26-23/h1,16-19,24H,5-15H2,2-3H3/t16-,17+,18-,19-,20-,21-,22+/m0/s1. The average molecular weight is 359 g/mol. The lowest BCUT2D eigenvalue weighted by Gasteiger charge is -2.62. The summed E-state index contributed by atoms with van der Waals surface area (Å²) < 4.78 is 12.5. The molecular formula is C23H34O3. The molecule has 5 rings (SSSR count). The third kappa shape index (κ3) is 2.07. The fraction of sp³-hybridized carbons (Fsp3) is 0.913. The van der Waals surface area contributed by atoms with E-state index in [1.165, 1.54) is 32.1 Å². The number of ether oxygens (including phenoxy) is 2. The average Bonchev–Trinajstić information content (AvgIpc) is 3.22. The summed E-state index contributed by atoms with van der Waals surface area (Å²) in [6, 6.07) is 0. The lowest BCUT2D eigenvalue weighted by molar-refractivity contribution is -0.248. The lowest BCUT2D eigenvalue weighted by atomic mass is 9.44. The Labute approximate surface area is 158 Å². The molecule has 0 amide bonds. The number of rotatable bonds is 0. The molecule has 3 nitrogen and oxygen atoms in total. The van der Waals surface area contributed by atoms with Crippen molar-refractivity contribution < 1.29 is 14.6 Å². The van der Waals surface area contributed by atoms with E-state index in [1.807, 2.05) is 0 Å². The first-order valence-corrected chi connectivity index (χ1v) is 10.8. The van der Waals surface area contributed by atoms with Gasteiger partial charge in [-0.05, 0) is 80.5 Å². The Bertz CT molecular complexity index is 632. The zero-order chi connectivity index (χ0) is 18.2. The fourth-order valence-electron chi connectivity index (χ4n) is 8.26. The van der Waals surface area contributed by atoms with E-state index in [2.05, 4.69) is 19.8 Å². The molecule has 0 aromatic rings. The number of terminal acetylenes is 1. The molecule has 0 radical (unpaired) electrons. The second kappa shape index (κ2) is 5.49. The predicted octanol–water partition coefficient (Wildman–Crippen LogP) is 4.14. The monoisotopic (exact) mass is 358 g/mol. The highest BCUT2D eigenvalue weighted by atomic mass is 16.7. The van der Waals surface area contributed by atoms with Crippen molar-refractivity contribution in [2.24, 2.45) is 34.5 Å². The minimum atomic E-state index is -0.858. The van der Waals surface area contributed by atoms with Gasteiger partial charge in [-0.3, -0.25) is 0 Å². The van der Waals surface area contributed by atoms with Crippen LogP contribution in [0.25, 0.3) is 0 Å². The minimum absolute atomic E-state index is 0.183. The molecule has 7 atom stereocenters. The first kappa shape index (κ1) is 17.5. The zero-order valence-corrected chi connectivity index (χ0v) is 16.4. The second-order valence-electron chi connectivity index (χ2n) is 10.5. The minimum Gasteiger partial charge on any atom is -0.378 e. The van der Waals surface area contributed by atoms with Crippen LogP contribution in [-0.2, 0) is 9.47 Å². The largest absolute Gasteiger partial charge is 0.378 e. The molecule has 0 unspecified atom stereocenters. The molecule has 3 heteroatoms. The molecule has 5 fully saturated rings. The summed E-state index contributed by atoms with van der Waals surface area (Å²) in [5, 5.41) is 10.7. The summed E-state index contributed by atoms with van der Waals surface area (Å²) in [7, 11) is 0. The maximum atomic E-state index is 10.7. The molecule has 26 heavy (non-hydrogen) atoms. The summed E-state index contributed by atoms with van der Waals surface area (Å²) in [5.41, 5.74) is -0.328. The molecule has 4 aliphatic carbocycles. The maximum Gasteiger partial charge on any atom is 0.174 e. The molecule has 4 saturated carbocycles. The summed E-state index contributed by atoms with van der Waals surface area (Å²) in [5.74, 6) is 5.28. The summed E-state index contributed by atoms with van der Waals surface area (Å²) >= 11 is 0. The highest BCUT2D eigenvalue weighted by Crippen LogP contribution is 2.69. The second-order valence-corrected chi connectivity index (χ2v) is 10.5. The van der Waals surface area contributed by atoms with Crippen molar-refractivity contribution in [2.75, 3.05) is 13.2 Å². The Morgan fingerprint density at radius 1 is 0.923 bits per heavy atom. The number of fused-ring (bicyclic) bond motifs is 6. The van der Waals surface area contributed by atoms with Gasteiger partial charge in [0.1, 0.15) is 5.60 Å². The summed E-state index contributed by atoms with van der Waals surface area (Å²) in [4.78, 5) is 0. The number of hydrogen-bond donors (Lipinski definition) is 1. The van der Waals surface area contributed by atoms with Crippen LogP contribution in [0.5, 0.6) is 0 Å². The van der Waals surface area contributed by atoms with Crippen molar-refractivity contribution in [3.05, 3.63) is 0 Å². The Hall–Kier alpha value is -0.560. The fourth-order valence-corrected chi connectivity index (χ4v) is 8.26. The molecule has 5 aliphatic rings. The maximum absolute atomic E-state index is 10.7.